The Kier molecular flexibility index (Phi) is 5.50. The van der Waals surface area contributed by atoms with Crippen molar-refractivity contribution in [1.82, 2.24) is 10.1 Å². The van der Waals surface area contributed by atoms with Crippen molar-refractivity contribution in [2.24, 2.45) is 0 Å². The Labute approximate surface area is 140 Å². The normalized spacial score (nSPS) is 11.6. The van der Waals surface area contributed by atoms with E-state index >= 15 is 0 Å². The van der Waals surface area contributed by atoms with E-state index in [-0.39, 0.29) is 5.57 Å². The van der Waals surface area contributed by atoms with Crippen molar-refractivity contribution in [2.45, 2.75) is 24.5 Å². The Balaban J connectivity index is 2.32. The minimum absolute atomic E-state index is 0.275. The Morgan fingerprint density at radius 1 is 1.35 bits per heavy atom. The molecule has 0 aliphatic rings. The van der Waals surface area contributed by atoms with Crippen LogP contribution in [-0.2, 0) is 10.5 Å². The van der Waals surface area contributed by atoms with Crippen LogP contribution in [0.5, 0.6) is 0 Å². The zero-order valence-electron chi connectivity index (χ0n) is 13.7. The highest BCUT2D eigenvalue weighted by atomic mass is 32.2. The Hall–Kier alpha value is -2.21. The molecule has 0 aliphatic carbocycles. The Bertz CT molecular complexity index is 716. The number of aryl methyl sites for hydroxylation is 2. The van der Waals surface area contributed by atoms with Gasteiger partial charge in [-0.2, -0.15) is 0 Å². The number of benzene rings is 1. The van der Waals surface area contributed by atoms with Crippen LogP contribution in [0.3, 0.4) is 0 Å². The minimum Gasteiger partial charge on any atom is -0.478 e. The zero-order chi connectivity index (χ0) is 17.0. The number of carboxylic acids is 1. The molecule has 6 heteroatoms. The number of hydrogen-bond acceptors (Lipinski definition) is 5. The molecule has 1 heterocycles. The van der Waals surface area contributed by atoms with E-state index < -0.39 is 5.97 Å². The van der Waals surface area contributed by atoms with Gasteiger partial charge in [0, 0.05) is 42.1 Å². The van der Waals surface area contributed by atoms with Crippen molar-refractivity contribution in [2.75, 3.05) is 14.1 Å². The highest BCUT2D eigenvalue weighted by molar-refractivity contribution is 7.98. The van der Waals surface area contributed by atoms with Crippen LogP contribution in [0.4, 0.5) is 0 Å². The van der Waals surface area contributed by atoms with Gasteiger partial charge in [-0.15, -0.1) is 11.8 Å². The predicted molar refractivity (Wildman–Crippen MR) is 91.3 cm³/mol. The molecule has 0 atom stereocenters. The average molecular weight is 332 g/mol. The molecule has 0 amide bonds. The molecule has 0 unspecified atom stereocenters. The Morgan fingerprint density at radius 3 is 2.61 bits per heavy atom. The lowest BCUT2D eigenvalue weighted by Crippen LogP contribution is -2.08. The van der Waals surface area contributed by atoms with Crippen LogP contribution in [0.15, 0.2) is 39.9 Å². The lowest BCUT2D eigenvalue weighted by atomic mass is 10.1. The topological polar surface area (TPSA) is 66.6 Å². The number of nitrogens with zero attached hydrogens (tertiary/aromatic N) is 2. The van der Waals surface area contributed by atoms with Crippen molar-refractivity contribution in [3.63, 3.8) is 0 Å². The van der Waals surface area contributed by atoms with Gasteiger partial charge in [0.1, 0.15) is 5.76 Å². The molecule has 0 saturated heterocycles. The molecule has 1 aromatic heterocycles. The maximum absolute atomic E-state index is 11.6. The number of aliphatic carboxylic acids is 1. The highest BCUT2D eigenvalue weighted by Gasteiger charge is 2.16. The van der Waals surface area contributed by atoms with Crippen LogP contribution >= 0.6 is 11.8 Å². The lowest BCUT2D eigenvalue weighted by Gasteiger charge is -2.12. The molecule has 0 aliphatic heterocycles. The van der Waals surface area contributed by atoms with Gasteiger partial charge in [0.05, 0.1) is 11.3 Å². The molecule has 0 bridgehead atoms. The van der Waals surface area contributed by atoms with Crippen LogP contribution in [0.2, 0.25) is 0 Å². The van der Waals surface area contributed by atoms with E-state index in [0.29, 0.717) is 11.3 Å². The van der Waals surface area contributed by atoms with Crippen LogP contribution < -0.4 is 0 Å². The Morgan fingerprint density at radius 2 is 2.04 bits per heavy atom. The van der Waals surface area contributed by atoms with Crippen LogP contribution in [0.25, 0.3) is 5.57 Å². The SMILES string of the molecule is Cc1noc(C)c1CSc1ccccc1/C(=C\N(C)C)C(=O)O. The first-order chi connectivity index (χ1) is 10.9. The molecule has 1 N–H and O–H groups in total. The van der Waals surface area contributed by atoms with E-state index in [0.717, 1.165) is 21.9 Å². The quantitative estimate of drug-likeness (QED) is 0.644. The van der Waals surface area contributed by atoms with Crippen molar-refractivity contribution in [1.29, 1.82) is 0 Å². The van der Waals surface area contributed by atoms with E-state index in [2.05, 4.69) is 5.16 Å². The van der Waals surface area contributed by atoms with Crippen molar-refractivity contribution in [3.8, 4) is 0 Å². The second-order valence-corrected chi connectivity index (χ2v) is 6.42. The van der Waals surface area contributed by atoms with Crippen LogP contribution in [0.1, 0.15) is 22.6 Å². The fourth-order valence-corrected chi connectivity index (χ4v) is 3.39. The number of aromatic nitrogens is 1. The summed E-state index contributed by atoms with van der Waals surface area (Å²) in [7, 11) is 3.62. The number of thioether (sulfide) groups is 1. The number of hydrogen-bond donors (Lipinski definition) is 1. The second kappa shape index (κ2) is 7.37. The molecule has 23 heavy (non-hydrogen) atoms. The summed E-state index contributed by atoms with van der Waals surface area (Å²) in [5.74, 6) is 0.548. The van der Waals surface area contributed by atoms with Crippen molar-refractivity contribution < 1.29 is 14.4 Å². The molecule has 5 nitrogen and oxygen atoms in total. The largest absolute Gasteiger partial charge is 0.478 e. The molecule has 0 fully saturated rings. The molecule has 2 aromatic rings. The summed E-state index contributed by atoms with van der Waals surface area (Å²) in [4.78, 5) is 14.3. The summed E-state index contributed by atoms with van der Waals surface area (Å²) in [6.45, 7) is 3.79. The fourth-order valence-electron chi connectivity index (χ4n) is 2.17. The summed E-state index contributed by atoms with van der Waals surface area (Å²) in [5, 5.41) is 13.5. The molecule has 122 valence electrons. The van der Waals surface area contributed by atoms with Gasteiger partial charge < -0.3 is 14.5 Å². The average Bonchev–Trinajstić information content (AvgIpc) is 2.81. The summed E-state index contributed by atoms with van der Waals surface area (Å²) in [6, 6.07) is 7.53. The van der Waals surface area contributed by atoms with Gasteiger partial charge >= 0.3 is 5.97 Å². The number of carboxylic acid groups (broad SMARTS) is 1. The second-order valence-electron chi connectivity index (χ2n) is 5.40. The molecule has 0 radical (unpaired) electrons. The van der Waals surface area contributed by atoms with Crippen molar-refractivity contribution in [3.05, 3.63) is 53.0 Å². The molecule has 2 rings (SSSR count). The summed E-state index contributed by atoms with van der Waals surface area (Å²) in [6.07, 6.45) is 1.62. The third-order valence-electron chi connectivity index (χ3n) is 3.35. The molecule has 1 aromatic carbocycles. The smallest absolute Gasteiger partial charge is 0.337 e. The van der Waals surface area contributed by atoms with Gasteiger partial charge in [-0.1, -0.05) is 23.4 Å². The van der Waals surface area contributed by atoms with E-state index in [4.69, 9.17) is 4.52 Å². The predicted octanol–water partition coefficient (Wildman–Crippen LogP) is 3.57. The van der Waals surface area contributed by atoms with E-state index in [9.17, 15) is 9.90 Å². The third kappa shape index (κ3) is 4.16. The highest BCUT2D eigenvalue weighted by Crippen LogP contribution is 2.32. The van der Waals surface area contributed by atoms with Gasteiger partial charge in [-0.25, -0.2) is 4.79 Å². The maximum atomic E-state index is 11.6. The molecule has 0 saturated carbocycles. The first kappa shape index (κ1) is 17.1. The summed E-state index contributed by atoms with van der Waals surface area (Å²) in [5.41, 5.74) is 2.91. The van der Waals surface area contributed by atoms with Gasteiger partial charge in [-0.05, 0) is 19.9 Å². The van der Waals surface area contributed by atoms with Gasteiger partial charge in [0.2, 0.25) is 0 Å². The first-order valence-corrected chi connectivity index (χ1v) is 8.14. The number of rotatable bonds is 6. The van der Waals surface area contributed by atoms with Crippen LogP contribution in [-0.4, -0.2) is 35.2 Å². The van der Waals surface area contributed by atoms with E-state index in [1.54, 1.807) is 22.9 Å². The molecular weight excluding hydrogens is 312 g/mol. The standard InChI is InChI=1S/C17H20N2O3S/c1-11-15(12(2)22-18-11)10-23-16-8-6-5-7-13(16)14(17(20)21)9-19(3)4/h5-9H,10H2,1-4H3,(H,20,21)/b14-9+. The maximum Gasteiger partial charge on any atom is 0.337 e. The summed E-state index contributed by atoms with van der Waals surface area (Å²) >= 11 is 1.58. The first-order valence-electron chi connectivity index (χ1n) is 7.15. The third-order valence-corrected chi connectivity index (χ3v) is 4.45. The fraction of sp³-hybridized carbons (Fsp3) is 0.294. The van der Waals surface area contributed by atoms with Gasteiger partial charge in [0.15, 0.2) is 0 Å². The monoisotopic (exact) mass is 332 g/mol. The zero-order valence-corrected chi connectivity index (χ0v) is 14.5. The van der Waals surface area contributed by atoms with Crippen LogP contribution in [0, 0.1) is 13.8 Å². The van der Waals surface area contributed by atoms with E-state index in [1.807, 2.05) is 52.2 Å². The van der Waals surface area contributed by atoms with Gasteiger partial charge in [-0.3, -0.25) is 0 Å². The molecule has 0 spiro atoms. The minimum atomic E-state index is -0.941. The summed E-state index contributed by atoms with van der Waals surface area (Å²) < 4.78 is 5.18. The van der Waals surface area contributed by atoms with Gasteiger partial charge in [0.25, 0.3) is 0 Å². The lowest BCUT2D eigenvalue weighted by molar-refractivity contribution is -0.130. The number of carbonyl (C=O) groups is 1. The van der Waals surface area contributed by atoms with E-state index in [1.165, 1.54) is 0 Å². The molecular formula is C17H20N2O3S. The van der Waals surface area contributed by atoms with Crippen molar-refractivity contribution >= 4 is 23.3 Å².